The molecule has 0 aromatic heterocycles. The Morgan fingerprint density at radius 1 is 1.22 bits per heavy atom. The van der Waals surface area contributed by atoms with Crippen LogP contribution in [0.4, 0.5) is 0 Å². The molecule has 0 amide bonds. The first kappa shape index (κ1) is 18.0. The maximum absolute atomic E-state index is 5.43. The van der Waals surface area contributed by atoms with Gasteiger partial charge in [-0.15, -0.1) is 0 Å². The molecular formula is C14H15Cl2OTi. The Hall–Kier alpha value is -0.0457. The molecule has 0 N–H and O–H groups in total. The molecule has 1 aliphatic rings. The van der Waals surface area contributed by atoms with Crippen molar-refractivity contribution in [3.8, 4) is 0 Å². The summed E-state index contributed by atoms with van der Waals surface area (Å²) in [5.41, 5.74) is 5.41. The molecule has 0 heterocycles. The van der Waals surface area contributed by atoms with E-state index < -0.39 is 0 Å². The average Bonchev–Trinajstić information content (AvgIpc) is 2.74. The van der Waals surface area contributed by atoms with Crippen molar-refractivity contribution in [2.75, 3.05) is 0 Å². The predicted molar refractivity (Wildman–Crippen MR) is 62.3 cm³/mol. The Morgan fingerprint density at radius 3 is 2.44 bits per heavy atom. The van der Waals surface area contributed by atoms with Crippen molar-refractivity contribution < 1.29 is 49.0 Å². The van der Waals surface area contributed by atoms with Gasteiger partial charge in [0.25, 0.3) is 0 Å². The van der Waals surface area contributed by atoms with Crippen LogP contribution in [-0.4, -0.2) is 0 Å². The molecule has 2 rings (SSSR count). The van der Waals surface area contributed by atoms with Gasteiger partial charge in [0.2, 0.25) is 0 Å². The van der Waals surface area contributed by atoms with E-state index in [0.29, 0.717) is 0 Å². The van der Waals surface area contributed by atoms with Gasteiger partial charge in [-0.1, -0.05) is 0 Å². The van der Waals surface area contributed by atoms with Crippen molar-refractivity contribution in [2.24, 2.45) is 0 Å². The molecule has 4 heteroatoms. The summed E-state index contributed by atoms with van der Waals surface area (Å²) in [7, 11) is 0. The fourth-order valence-corrected chi connectivity index (χ4v) is 2.33. The van der Waals surface area contributed by atoms with Crippen LogP contribution in [0.15, 0.2) is 42.0 Å². The zero-order chi connectivity index (χ0) is 11.5. The maximum Gasteiger partial charge on any atom is -1.00 e. The Balaban J connectivity index is 0.00000144. The Kier molecular flexibility index (Phi) is 8.17. The zero-order valence-corrected chi connectivity index (χ0v) is 13.5. The van der Waals surface area contributed by atoms with E-state index in [1.165, 1.54) is 22.3 Å². The Bertz CT molecular complexity index is 455. The summed E-state index contributed by atoms with van der Waals surface area (Å²) in [4.78, 5) is 0. The summed E-state index contributed by atoms with van der Waals surface area (Å²) < 4.78 is 5.43. The molecule has 1 unspecified atom stereocenters. The van der Waals surface area contributed by atoms with Crippen LogP contribution in [0.1, 0.15) is 37.5 Å². The fraction of sp³-hybridized carbons (Fsp3) is 0.286. The van der Waals surface area contributed by atoms with E-state index in [1.807, 2.05) is 0 Å². The summed E-state index contributed by atoms with van der Waals surface area (Å²) in [6.07, 6.45) is 5.61. The van der Waals surface area contributed by atoms with Crippen molar-refractivity contribution in [1.29, 1.82) is 0 Å². The molecule has 0 fully saturated rings. The normalized spacial score (nSPS) is 15.1. The van der Waals surface area contributed by atoms with E-state index in [2.05, 4.69) is 50.3 Å². The molecule has 1 nitrogen and oxygen atoms in total. The van der Waals surface area contributed by atoms with Gasteiger partial charge in [-0.2, -0.15) is 0 Å². The van der Waals surface area contributed by atoms with E-state index in [-0.39, 0.29) is 30.9 Å². The van der Waals surface area contributed by atoms with Crippen LogP contribution >= 0.6 is 0 Å². The molecule has 0 aliphatic heterocycles. The Morgan fingerprint density at radius 2 is 1.89 bits per heavy atom. The summed E-state index contributed by atoms with van der Waals surface area (Å²) in [5.74, 6) is 0. The van der Waals surface area contributed by atoms with Crippen molar-refractivity contribution >= 4 is 5.57 Å². The van der Waals surface area contributed by atoms with Gasteiger partial charge in [-0.25, -0.2) is 0 Å². The third-order valence-electron chi connectivity index (χ3n) is 3.07. The van der Waals surface area contributed by atoms with Crippen molar-refractivity contribution in [1.82, 2.24) is 0 Å². The van der Waals surface area contributed by atoms with Crippen LogP contribution in [0, 0.1) is 0 Å². The van der Waals surface area contributed by atoms with E-state index in [4.69, 9.17) is 3.32 Å². The first-order valence-corrected chi connectivity index (χ1v) is 6.15. The molecule has 0 saturated heterocycles. The second-order valence-corrected chi connectivity index (χ2v) is 4.48. The molecule has 0 saturated carbocycles. The summed E-state index contributed by atoms with van der Waals surface area (Å²) >= 11 is 1.76. The summed E-state index contributed by atoms with van der Waals surface area (Å²) in [6.45, 7) is 4.27. The first-order valence-electron chi connectivity index (χ1n) is 5.52. The van der Waals surface area contributed by atoms with Crippen LogP contribution in [-0.2, 0) is 24.1 Å². The average molecular weight is 318 g/mol. The number of hydrogen-bond donors (Lipinski definition) is 0. The van der Waals surface area contributed by atoms with Gasteiger partial charge in [-0.3, -0.25) is 0 Å². The molecule has 95 valence electrons. The van der Waals surface area contributed by atoms with Gasteiger partial charge in [-0.05, 0) is 0 Å². The van der Waals surface area contributed by atoms with Gasteiger partial charge in [0.1, 0.15) is 0 Å². The van der Waals surface area contributed by atoms with Crippen molar-refractivity contribution in [3.05, 3.63) is 53.1 Å². The molecule has 0 bridgehead atoms. The second kappa shape index (κ2) is 8.19. The van der Waals surface area contributed by atoms with Gasteiger partial charge >= 0.3 is 109 Å². The molecule has 1 atom stereocenters. The largest absolute Gasteiger partial charge is 1.00 e. The van der Waals surface area contributed by atoms with Crippen LogP contribution in [0.3, 0.4) is 0 Å². The minimum atomic E-state index is 0. The first-order chi connectivity index (χ1) is 7.74. The van der Waals surface area contributed by atoms with Crippen molar-refractivity contribution in [2.45, 2.75) is 26.4 Å². The number of allylic oxidation sites excluding steroid dienone is 4. The number of hydrogen-bond acceptors (Lipinski definition) is 1. The molecule has 0 spiro atoms. The van der Waals surface area contributed by atoms with Crippen LogP contribution in [0.25, 0.3) is 5.57 Å². The van der Waals surface area contributed by atoms with Crippen LogP contribution in [0.2, 0.25) is 0 Å². The van der Waals surface area contributed by atoms with E-state index in [1.54, 1.807) is 20.8 Å². The SMILES string of the molecule is CC1=C(c2ccccc2C(C)[O][Ti+2])CC=C1.[Cl-].[Cl-]. The van der Waals surface area contributed by atoms with Gasteiger partial charge in [0.05, 0.1) is 0 Å². The van der Waals surface area contributed by atoms with Gasteiger partial charge in [0.15, 0.2) is 0 Å². The fourth-order valence-electron chi connectivity index (χ4n) is 2.13. The predicted octanol–water partition coefficient (Wildman–Crippen LogP) is -2.03. The minimum absolute atomic E-state index is 0. The third kappa shape index (κ3) is 3.72. The standard InChI is InChI=1S/C14H15O.2ClH.Ti/c1-10-6-5-9-12(10)14-8-4-3-7-13(14)11(2)15;;;/h3-8,11H,9H2,1-2H3;2*1H;/q-1;;;+3/p-2. The Labute approximate surface area is 133 Å². The van der Waals surface area contributed by atoms with E-state index >= 15 is 0 Å². The van der Waals surface area contributed by atoms with Gasteiger partial charge in [0, 0.05) is 0 Å². The zero-order valence-electron chi connectivity index (χ0n) is 10.4. The monoisotopic (exact) mass is 317 g/mol. The van der Waals surface area contributed by atoms with Crippen LogP contribution < -0.4 is 24.8 Å². The smallest absolute Gasteiger partial charge is 1.00 e. The summed E-state index contributed by atoms with van der Waals surface area (Å²) in [6, 6.07) is 8.52. The maximum atomic E-state index is 5.43. The van der Waals surface area contributed by atoms with Gasteiger partial charge < -0.3 is 24.8 Å². The molecule has 18 heavy (non-hydrogen) atoms. The quantitative estimate of drug-likeness (QED) is 0.584. The molecular weight excluding hydrogens is 303 g/mol. The van der Waals surface area contributed by atoms with Crippen LogP contribution in [0.5, 0.6) is 0 Å². The van der Waals surface area contributed by atoms with E-state index in [9.17, 15) is 0 Å². The number of benzene rings is 1. The molecule has 1 aliphatic carbocycles. The molecule has 1 aromatic rings. The second-order valence-electron chi connectivity index (χ2n) is 4.12. The minimum Gasteiger partial charge on any atom is -1.00 e. The number of rotatable bonds is 3. The molecule has 1 aromatic carbocycles. The number of halogens is 2. The van der Waals surface area contributed by atoms with Crippen molar-refractivity contribution in [3.63, 3.8) is 0 Å². The third-order valence-corrected chi connectivity index (χ3v) is 3.62. The molecule has 0 radical (unpaired) electrons. The van der Waals surface area contributed by atoms with E-state index in [0.717, 1.165) is 6.42 Å². The summed E-state index contributed by atoms with van der Waals surface area (Å²) in [5, 5.41) is 0. The topological polar surface area (TPSA) is 9.23 Å².